The Bertz CT molecular complexity index is 897. The molecule has 0 saturated carbocycles. The molecule has 3 heterocycles. The van der Waals surface area contributed by atoms with Crippen LogP contribution in [0.3, 0.4) is 0 Å². The molecule has 3 saturated heterocycles. The molecule has 0 aromatic carbocycles. The number of thioether (sulfide) groups is 1. The van der Waals surface area contributed by atoms with E-state index in [1.807, 2.05) is 14.7 Å². The lowest BCUT2D eigenvalue weighted by molar-refractivity contribution is -0.145. The third kappa shape index (κ3) is 5.97. The van der Waals surface area contributed by atoms with Crippen molar-refractivity contribution in [2.75, 3.05) is 32.8 Å². The molecule has 3 amide bonds. The monoisotopic (exact) mass is 561 g/mol. The number of rotatable bonds is 17. The van der Waals surface area contributed by atoms with Gasteiger partial charge in [0.05, 0.1) is 16.6 Å². The first-order valence-electron chi connectivity index (χ1n) is 15.1. The summed E-state index contributed by atoms with van der Waals surface area (Å²) in [7, 11) is 0. The normalized spacial score (nSPS) is 29.8. The highest BCUT2D eigenvalue weighted by atomic mass is 32.2. The number of nitrogens with zero attached hydrogens (tertiary/aromatic N) is 3. The van der Waals surface area contributed by atoms with E-state index in [0.717, 1.165) is 51.4 Å². The summed E-state index contributed by atoms with van der Waals surface area (Å²) in [5.41, 5.74) is 0. The number of aliphatic hydroxyl groups excluding tert-OH is 1. The van der Waals surface area contributed by atoms with E-state index in [1.54, 1.807) is 23.9 Å². The third-order valence-electron chi connectivity index (χ3n) is 9.07. The maximum Gasteiger partial charge on any atom is 0.247 e. The molecule has 7 atom stereocenters. The minimum atomic E-state index is -0.596. The molecule has 0 aliphatic carbocycles. The molecule has 3 aliphatic heterocycles. The summed E-state index contributed by atoms with van der Waals surface area (Å²) in [6.45, 7) is 18.5. The molecule has 3 aliphatic rings. The largest absolute Gasteiger partial charge is 0.396 e. The number of hydrogen-bond donors (Lipinski definition) is 1. The molecule has 1 spiro atoms. The number of amides is 3. The first kappa shape index (κ1) is 31.7. The van der Waals surface area contributed by atoms with E-state index in [9.17, 15) is 19.5 Å². The van der Waals surface area contributed by atoms with Gasteiger partial charge in [0.15, 0.2) is 0 Å². The molecule has 0 aromatic rings. The van der Waals surface area contributed by atoms with Crippen molar-refractivity contribution in [1.82, 2.24) is 14.7 Å². The fourth-order valence-corrected chi connectivity index (χ4v) is 9.76. The van der Waals surface area contributed by atoms with Crippen molar-refractivity contribution in [2.45, 2.75) is 101 Å². The Morgan fingerprint density at radius 3 is 2.44 bits per heavy atom. The van der Waals surface area contributed by atoms with Gasteiger partial charge in [-0.05, 0) is 44.9 Å². The van der Waals surface area contributed by atoms with Crippen LogP contribution in [0.15, 0.2) is 25.3 Å². The van der Waals surface area contributed by atoms with Crippen molar-refractivity contribution in [3.63, 3.8) is 0 Å². The van der Waals surface area contributed by atoms with E-state index < -0.39 is 22.6 Å². The number of likely N-dealkylation sites (tertiary alicyclic amines) is 1. The van der Waals surface area contributed by atoms with Crippen molar-refractivity contribution in [1.29, 1.82) is 0 Å². The molecule has 4 unspecified atom stereocenters. The first-order valence-corrected chi connectivity index (χ1v) is 16.0. The summed E-state index contributed by atoms with van der Waals surface area (Å²) in [4.78, 5) is 48.6. The Kier molecular flexibility index (Phi) is 11.6. The van der Waals surface area contributed by atoms with E-state index in [2.05, 4.69) is 40.9 Å². The van der Waals surface area contributed by atoms with Crippen molar-refractivity contribution >= 4 is 29.5 Å². The van der Waals surface area contributed by atoms with Crippen LogP contribution >= 0.6 is 11.8 Å². The summed E-state index contributed by atoms with van der Waals surface area (Å²) in [5, 5.41) is 9.23. The minimum absolute atomic E-state index is 0.00617. The molecule has 7 nitrogen and oxygen atoms in total. The van der Waals surface area contributed by atoms with E-state index in [1.165, 1.54) is 0 Å². The maximum absolute atomic E-state index is 14.6. The van der Waals surface area contributed by atoms with Crippen molar-refractivity contribution < 1.29 is 19.5 Å². The van der Waals surface area contributed by atoms with Crippen molar-refractivity contribution in [2.24, 2.45) is 17.8 Å². The molecule has 220 valence electrons. The van der Waals surface area contributed by atoms with E-state index in [0.29, 0.717) is 26.2 Å². The van der Waals surface area contributed by atoms with Crippen LogP contribution in [0.4, 0.5) is 0 Å². The SMILES string of the molecule is C=CCN(CCC)C(=O)[C@@H]1[C@@H]2CC(C)C3(S2)C(C(=O)N(CC=C)C(C)CCC)N(CCCCCCO)C(=O)[C@H]13. The van der Waals surface area contributed by atoms with Gasteiger partial charge in [0.25, 0.3) is 0 Å². The van der Waals surface area contributed by atoms with E-state index >= 15 is 0 Å². The molecule has 39 heavy (non-hydrogen) atoms. The Morgan fingerprint density at radius 2 is 1.82 bits per heavy atom. The summed E-state index contributed by atoms with van der Waals surface area (Å²) in [6.07, 6.45) is 10.4. The molecule has 3 rings (SSSR count). The Morgan fingerprint density at radius 1 is 1.13 bits per heavy atom. The third-order valence-corrected chi connectivity index (χ3v) is 11.1. The first-order chi connectivity index (χ1) is 18.7. The second-order valence-electron chi connectivity index (χ2n) is 11.7. The summed E-state index contributed by atoms with van der Waals surface area (Å²) in [5.74, 6) is -0.699. The van der Waals surface area contributed by atoms with Gasteiger partial charge >= 0.3 is 0 Å². The number of aliphatic hydroxyl groups is 1. The van der Waals surface area contributed by atoms with Crippen LogP contribution in [0.25, 0.3) is 0 Å². The summed E-state index contributed by atoms with van der Waals surface area (Å²) in [6, 6.07) is -0.532. The zero-order valence-corrected chi connectivity index (χ0v) is 25.5. The van der Waals surface area contributed by atoms with Crippen LogP contribution in [0.1, 0.15) is 79.1 Å². The fourth-order valence-electron chi connectivity index (χ4n) is 7.35. The lowest BCUT2D eigenvalue weighted by atomic mass is 9.65. The van der Waals surface area contributed by atoms with Gasteiger partial charge in [-0.1, -0.05) is 52.2 Å². The molecule has 2 bridgehead atoms. The molecule has 0 radical (unpaired) electrons. The summed E-state index contributed by atoms with van der Waals surface area (Å²) < 4.78 is -0.596. The number of unbranched alkanes of at least 4 members (excludes halogenated alkanes) is 3. The quantitative estimate of drug-likeness (QED) is 0.209. The van der Waals surface area contributed by atoms with Crippen LogP contribution in [-0.2, 0) is 14.4 Å². The van der Waals surface area contributed by atoms with Gasteiger partial charge in [0, 0.05) is 44.1 Å². The van der Waals surface area contributed by atoms with Crippen LogP contribution in [0.2, 0.25) is 0 Å². The highest BCUT2D eigenvalue weighted by Crippen LogP contribution is 2.69. The Balaban J connectivity index is 2.03. The second kappa shape index (κ2) is 14.2. The Hall–Kier alpha value is -1.80. The van der Waals surface area contributed by atoms with Gasteiger partial charge < -0.3 is 19.8 Å². The Labute approximate surface area is 240 Å². The predicted octanol–water partition coefficient (Wildman–Crippen LogP) is 4.50. The average molecular weight is 562 g/mol. The van der Waals surface area contributed by atoms with Crippen LogP contribution < -0.4 is 0 Å². The minimum Gasteiger partial charge on any atom is -0.396 e. The highest BCUT2D eigenvalue weighted by Gasteiger charge is 2.76. The van der Waals surface area contributed by atoms with Gasteiger partial charge in [-0.15, -0.1) is 24.9 Å². The smallest absolute Gasteiger partial charge is 0.247 e. The van der Waals surface area contributed by atoms with Crippen molar-refractivity contribution in [3.05, 3.63) is 25.3 Å². The van der Waals surface area contributed by atoms with Gasteiger partial charge in [-0.25, -0.2) is 0 Å². The molecule has 8 heteroatoms. The number of carbonyl (C=O) groups excluding carboxylic acids is 3. The maximum atomic E-state index is 14.6. The van der Waals surface area contributed by atoms with Crippen LogP contribution in [-0.4, -0.2) is 92.4 Å². The standard InChI is InChI=1S/C31H51N3O4S/c1-7-15-23(6)33(18-10-4)30(38)27-31-22(5)21-24(39-31)25(28(36)32(16-8-2)17-9-3)26(31)29(37)34(27)19-13-11-12-14-20-35/h8,10,22-27,35H,2,4,7,9,11-21H2,1,3,5-6H3/t22?,23?,24-,25+,26-,27?,31?/m0/s1. The van der Waals surface area contributed by atoms with E-state index in [-0.39, 0.29) is 41.5 Å². The predicted molar refractivity (Wildman–Crippen MR) is 159 cm³/mol. The zero-order chi connectivity index (χ0) is 28.7. The lowest BCUT2D eigenvalue weighted by Crippen LogP contribution is -2.58. The molecule has 0 aromatic heterocycles. The van der Waals surface area contributed by atoms with Gasteiger partial charge in [0.2, 0.25) is 17.7 Å². The zero-order valence-electron chi connectivity index (χ0n) is 24.6. The van der Waals surface area contributed by atoms with E-state index in [4.69, 9.17) is 0 Å². The van der Waals surface area contributed by atoms with Gasteiger partial charge in [-0.3, -0.25) is 14.4 Å². The summed E-state index contributed by atoms with van der Waals surface area (Å²) >= 11 is 1.76. The highest BCUT2D eigenvalue weighted by molar-refractivity contribution is 8.02. The lowest BCUT2D eigenvalue weighted by Gasteiger charge is -2.42. The van der Waals surface area contributed by atoms with Crippen LogP contribution in [0, 0.1) is 17.8 Å². The molecular weight excluding hydrogens is 510 g/mol. The fraction of sp³-hybridized carbons (Fsp3) is 0.774. The molecule has 3 fully saturated rings. The number of carbonyl (C=O) groups is 3. The topological polar surface area (TPSA) is 81.2 Å². The molecular formula is C31H51N3O4S. The number of hydrogen-bond acceptors (Lipinski definition) is 5. The van der Waals surface area contributed by atoms with Gasteiger partial charge in [-0.2, -0.15) is 0 Å². The van der Waals surface area contributed by atoms with Gasteiger partial charge in [0.1, 0.15) is 6.04 Å². The number of fused-ring (bicyclic) bond motifs is 1. The van der Waals surface area contributed by atoms with Crippen LogP contribution in [0.5, 0.6) is 0 Å². The second-order valence-corrected chi connectivity index (χ2v) is 13.3. The molecule has 1 N–H and O–H groups in total. The average Bonchev–Trinajstić information content (AvgIpc) is 3.50. The van der Waals surface area contributed by atoms with Crippen molar-refractivity contribution in [3.8, 4) is 0 Å².